The number of nitrogens with one attached hydrogen (secondary N) is 2. The van der Waals surface area contributed by atoms with E-state index in [1.54, 1.807) is 13.2 Å². The number of nitriles is 1. The maximum atomic E-state index is 11.7. The standard InChI is InChI=1S/C16H21N3O3/c1-22-14-6-3-13(4-7-14)5-8-15(20)18-11-2-12-19-16(21)9-10-17/h3-4,6-7H,2,5,8-9,11-12H2,1H3,(H,18,20)(H,19,21). The molecule has 22 heavy (non-hydrogen) atoms. The van der Waals surface area contributed by atoms with Gasteiger partial charge in [-0.2, -0.15) is 5.26 Å². The molecule has 1 aromatic carbocycles. The molecule has 0 spiro atoms. The van der Waals surface area contributed by atoms with Crippen molar-refractivity contribution in [2.75, 3.05) is 20.2 Å². The maximum Gasteiger partial charge on any atom is 0.234 e. The van der Waals surface area contributed by atoms with Crippen LogP contribution >= 0.6 is 0 Å². The lowest BCUT2D eigenvalue weighted by molar-refractivity contribution is -0.121. The molecule has 0 fully saturated rings. The number of aryl methyl sites for hydroxylation is 1. The Morgan fingerprint density at radius 1 is 1.14 bits per heavy atom. The Hall–Kier alpha value is -2.55. The monoisotopic (exact) mass is 303 g/mol. The molecule has 118 valence electrons. The van der Waals surface area contributed by atoms with Crippen LogP contribution in [0, 0.1) is 11.3 Å². The summed E-state index contributed by atoms with van der Waals surface area (Å²) in [6.07, 6.45) is 1.61. The fourth-order valence-corrected chi connectivity index (χ4v) is 1.82. The molecule has 0 aromatic heterocycles. The number of nitrogens with zero attached hydrogens (tertiary/aromatic N) is 1. The van der Waals surface area contributed by atoms with Crippen molar-refractivity contribution in [1.82, 2.24) is 10.6 Å². The van der Waals surface area contributed by atoms with E-state index in [9.17, 15) is 9.59 Å². The van der Waals surface area contributed by atoms with Gasteiger partial charge in [-0.15, -0.1) is 0 Å². The van der Waals surface area contributed by atoms with Gasteiger partial charge in [-0.1, -0.05) is 12.1 Å². The summed E-state index contributed by atoms with van der Waals surface area (Å²) in [7, 11) is 1.62. The number of carbonyl (C=O) groups excluding carboxylic acids is 2. The van der Waals surface area contributed by atoms with Crippen LogP contribution in [-0.2, 0) is 16.0 Å². The van der Waals surface area contributed by atoms with Gasteiger partial charge in [-0.25, -0.2) is 0 Å². The Balaban J connectivity index is 2.10. The molecule has 2 amide bonds. The number of hydrogen-bond acceptors (Lipinski definition) is 4. The predicted octanol–water partition coefficient (Wildman–Crippen LogP) is 1.16. The number of benzene rings is 1. The van der Waals surface area contributed by atoms with Gasteiger partial charge in [0.1, 0.15) is 12.2 Å². The van der Waals surface area contributed by atoms with E-state index in [4.69, 9.17) is 10.00 Å². The molecular formula is C16H21N3O3. The number of ether oxygens (including phenoxy) is 1. The van der Waals surface area contributed by atoms with Crippen LogP contribution in [0.15, 0.2) is 24.3 Å². The van der Waals surface area contributed by atoms with Gasteiger partial charge in [0.15, 0.2) is 0 Å². The van der Waals surface area contributed by atoms with Gasteiger partial charge in [-0.3, -0.25) is 9.59 Å². The lowest BCUT2D eigenvalue weighted by atomic mass is 10.1. The second-order valence-corrected chi connectivity index (χ2v) is 4.74. The van der Waals surface area contributed by atoms with Crippen LogP contribution in [0.5, 0.6) is 5.75 Å². The molecule has 1 rings (SSSR count). The summed E-state index contributed by atoms with van der Waals surface area (Å²) in [6, 6.07) is 9.40. The topological polar surface area (TPSA) is 91.2 Å². The van der Waals surface area contributed by atoms with Crippen LogP contribution in [0.2, 0.25) is 0 Å². The summed E-state index contributed by atoms with van der Waals surface area (Å²) in [5.74, 6) is 0.499. The largest absolute Gasteiger partial charge is 0.497 e. The second-order valence-electron chi connectivity index (χ2n) is 4.74. The molecule has 0 unspecified atom stereocenters. The quantitative estimate of drug-likeness (QED) is 0.670. The fraction of sp³-hybridized carbons (Fsp3) is 0.438. The molecule has 0 saturated carbocycles. The summed E-state index contributed by atoms with van der Waals surface area (Å²) in [4.78, 5) is 22.7. The van der Waals surface area contributed by atoms with E-state index in [1.165, 1.54) is 0 Å². The minimum absolute atomic E-state index is 0.0147. The van der Waals surface area contributed by atoms with Crippen LogP contribution in [0.3, 0.4) is 0 Å². The van der Waals surface area contributed by atoms with Gasteiger partial charge < -0.3 is 15.4 Å². The third-order valence-corrected chi connectivity index (χ3v) is 3.04. The average molecular weight is 303 g/mol. The molecule has 6 nitrogen and oxygen atoms in total. The molecule has 0 radical (unpaired) electrons. The third kappa shape index (κ3) is 7.29. The van der Waals surface area contributed by atoms with Crippen LogP contribution in [0.1, 0.15) is 24.8 Å². The van der Waals surface area contributed by atoms with E-state index in [-0.39, 0.29) is 18.2 Å². The number of amides is 2. The molecule has 0 aliphatic heterocycles. The van der Waals surface area contributed by atoms with E-state index >= 15 is 0 Å². The molecule has 0 aliphatic rings. The van der Waals surface area contributed by atoms with Crippen molar-refractivity contribution in [3.8, 4) is 11.8 Å². The normalized spacial score (nSPS) is 9.64. The maximum absolute atomic E-state index is 11.7. The first-order chi connectivity index (χ1) is 10.7. The predicted molar refractivity (Wildman–Crippen MR) is 82.2 cm³/mol. The Morgan fingerprint density at radius 3 is 2.36 bits per heavy atom. The second kappa shape index (κ2) is 10.2. The van der Waals surface area contributed by atoms with E-state index in [2.05, 4.69) is 10.6 Å². The first-order valence-corrected chi connectivity index (χ1v) is 7.19. The summed E-state index contributed by atoms with van der Waals surface area (Å²) < 4.78 is 5.08. The van der Waals surface area contributed by atoms with Crippen molar-refractivity contribution in [3.63, 3.8) is 0 Å². The molecule has 6 heteroatoms. The lowest BCUT2D eigenvalue weighted by Crippen LogP contribution is -2.29. The Bertz CT molecular complexity index is 520. The van der Waals surface area contributed by atoms with Crippen LogP contribution in [0.4, 0.5) is 0 Å². The molecule has 0 atom stereocenters. The molecule has 0 aliphatic carbocycles. The van der Waals surface area contributed by atoms with Crippen LogP contribution < -0.4 is 15.4 Å². The highest BCUT2D eigenvalue weighted by molar-refractivity contribution is 5.78. The molecular weight excluding hydrogens is 282 g/mol. The highest BCUT2D eigenvalue weighted by Gasteiger charge is 2.03. The van der Waals surface area contributed by atoms with Crippen molar-refractivity contribution in [2.24, 2.45) is 0 Å². The van der Waals surface area contributed by atoms with Crippen molar-refractivity contribution in [1.29, 1.82) is 5.26 Å². The van der Waals surface area contributed by atoms with Gasteiger partial charge in [-0.05, 0) is 30.5 Å². The van der Waals surface area contributed by atoms with Gasteiger partial charge >= 0.3 is 0 Å². The summed E-state index contributed by atoms with van der Waals surface area (Å²) >= 11 is 0. The Labute approximate surface area is 130 Å². The van der Waals surface area contributed by atoms with Crippen LogP contribution in [-0.4, -0.2) is 32.0 Å². The van der Waals surface area contributed by atoms with Crippen LogP contribution in [0.25, 0.3) is 0 Å². The molecule has 1 aromatic rings. The smallest absolute Gasteiger partial charge is 0.234 e. The minimum Gasteiger partial charge on any atom is -0.497 e. The number of carbonyl (C=O) groups is 2. The fourth-order valence-electron chi connectivity index (χ4n) is 1.82. The average Bonchev–Trinajstić information content (AvgIpc) is 2.53. The molecule has 0 saturated heterocycles. The number of rotatable bonds is 9. The zero-order valence-electron chi connectivity index (χ0n) is 12.7. The van der Waals surface area contributed by atoms with E-state index in [1.807, 2.05) is 24.3 Å². The first-order valence-electron chi connectivity index (χ1n) is 7.19. The van der Waals surface area contributed by atoms with Crippen molar-refractivity contribution < 1.29 is 14.3 Å². The van der Waals surface area contributed by atoms with Gasteiger partial charge in [0, 0.05) is 19.5 Å². The van der Waals surface area contributed by atoms with E-state index < -0.39 is 0 Å². The van der Waals surface area contributed by atoms with E-state index in [0.717, 1.165) is 11.3 Å². The number of hydrogen-bond donors (Lipinski definition) is 2. The zero-order valence-corrected chi connectivity index (χ0v) is 12.7. The summed E-state index contributed by atoms with van der Waals surface area (Å²) in [6.45, 7) is 0.966. The summed E-state index contributed by atoms with van der Waals surface area (Å²) in [5.41, 5.74) is 1.08. The highest BCUT2D eigenvalue weighted by atomic mass is 16.5. The minimum atomic E-state index is -0.284. The SMILES string of the molecule is COc1ccc(CCC(=O)NCCCNC(=O)CC#N)cc1. The summed E-state index contributed by atoms with van der Waals surface area (Å²) in [5, 5.41) is 13.7. The highest BCUT2D eigenvalue weighted by Crippen LogP contribution is 2.12. The Kier molecular flexibility index (Phi) is 8.13. The van der Waals surface area contributed by atoms with Crippen molar-refractivity contribution in [2.45, 2.75) is 25.7 Å². The Morgan fingerprint density at radius 2 is 1.77 bits per heavy atom. The first kappa shape index (κ1) is 17.5. The van der Waals surface area contributed by atoms with Gasteiger partial charge in [0.25, 0.3) is 0 Å². The van der Waals surface area contributed by atoms with Crippen molar-refractivity contribution in [3.05, 3.63) is 29.8 Å². The number of methoxy groups -OCH3 is 1. The zero-order chi connectivity index (χ0) is 16.2. The molecule has 0 bridgehead atoms. The van der Waals surface area contributed by atoms with E-state index in [0.29, 0.717) is 32.4 Å². The van der Waals surface area contributed by atoms with Crippen molar-refractivity contribution >= 4 is 11.8 Å². The van der Waals surface area contributed by atoms with Gasteiger partial charge in [0.2, 0.25) is 11.8 Å². The lowest BCUT2D eigenvalue weighted by Gasteiger charge is -2.06. The third-order valence-electron chi connectivity index (χ3n) is 3.04. The van der Waals surface area contributed by atoms with Gasteiger partial charge in [0.05, 0.1) is 13.2 Å². The molecule has 0 heterocycles. The molecule has 2 N–H and O–H groups in total.